The molecule has 0 bridgehead atoms. The molecule has 0 rings (SSSR count). The van der Waals surface area contributed by atoms with Crippen molar-refractivity contribution in [1.82, 2.24) is 10.6 Å². The Bertz CT molecular complexity index is 499. The van der Waals surface area contributed by atoms with Gasteiger partial charge >= 0.3 is 18.1 Å². The van der Waals surface area contributed by atoms with E-state index in [1.54, 1.807) is 0 Å². The van der Waals surface area contributed by atoms with Gasteiger partial charge in [0, 0.05) is 12.2 Å². The third-order valence-electron chi connectivity index (χ3n) is 2.43. The van der Waals surface area contributed by atoms with E-state index in [1.165, 1.54) is 0 Å². The van der Waals surface area contributed by atoms with Crippen LogP contribution in [0.2, 0.25) is 0 Å². The van der Waals surface area contributed by atoms with Crippen LogP contribution in [-0.4, -0.2) is 64.5 Å². The van der Waals surface area contributed by atoms with Crippen molar-refractivity contribution in [2.75, 3.05) is 12.3 Å². The van der Waals surface area contributed by atoms with E-state index in [4.69, 9.17) is 15.9 Å². The smallest absolute Gasteiger partial charge is 0.480 e. The summed E-state index contributed by atoms with van der Waals surface area (Å²) in [5, 5.41) is 20.9. The largest absolute Gasteiger partial charge is 0.547 e. The highest BCUT2D eigenvalue weighted by Gasteiger charge is 2.22. The van der Waals surface area contributed by atoms with Gasteiger partial charge in [-0.1, -0.05) is 0 Å². The number of carboxylic acids is 1. The second-order valence-corrected chi connectivity index (χ2v) is 4.68. The number of nitrogens with one attached hydrogen (secondary N) is 2. The van der Waals surface area contributed by atoms with E-state index >= 15 is 0 Å². The van der Waals surface area contributed by atoms with Crippen molar-refractivity contribution in [2.24, 2.45) is 5.73 Å². The summed E-state index contributed by atoms with van der Waals surface area (Å²) in [5.41, 5.74) is 5.37. The van der Waals surface area contributed by atoms with Crippen LogP contribution >= 0.6 is 12.6 Å². The molecule has 12 nitrogen and oxygen atoms in total. The standard InChI is InChI=1S/C11H17N3O9S/c12-5(10(19)22-23-11(20)21)1-2-7(15)14-6(4-24)9(18)13-3-8(16)17/h5-6,24H,1-4,12H2,(H,13,18)(H,14,15)(H,16,17)(H,20,21). The van der Waals surface area contributed by atoms with Crippen molar-refractivity contribution in [3.05, 3.63) is 0 Å². The van der Waals surface area contributed by atoms with Crippen LogP contribution < -0.4 is 16.4 Å². The van der Waals surface area contributed by atoms with Gasteiger partial charge < -0.3 is 26.6 Å². The summed E-state index contributed by atoms with van der Waals surface area (Å²) in [6.07, 6.45) is -2.32. The molecule has 0 aliphatic rings. The molecule has 2 atom stereocenters. The van der Waals surface area contributed by atoms with Crippen LogP contribution in [0.3, 0.4) is 0 Å². The average molecular weight is 367 g/mol. The molecule has 2 unspecified atom stereocenters. The lowest BCUT2D eigenvalue weighted by Gasteiger charge is -2.16. The minimum Gasteiger partial charge on any atom is -0.480 e. The fourth-order valence-corrected chi connectivity index (χ4v) is 1.55. The number of carboxylic acid groups (broad SMARTS) is 2. The number of thiol groups is 1. The predicted molar refractivity (Wildman–Crippen MR) is 78.8 cm³/mol. The molecular formula is C11H17N3O9S. The summed E-state index contributed by atoms with van der Waals surface area (Å²) in [4.78, 5) is 62.3. The number of aliphatic carboxylic acids is 1. The van der Waals surface area contributed by atoms with E-state index in [0.717, 1.165) is 0 Å². The second kappa shape index (κ2) is 11.1. The predicted octanol–water partition coefficient (Wildman–Crippen LogP) is -2.14. The van der Waals surface area contributed by atoms with Crippen molar-refractivity contribution < 1.29 is 44.0 Å². The first kappa shape index (κ1) is 21.5. The van der Waals surface area contributed by atoms with Crippen molar-refractivity contribution in [1.29, 1.82) is 0 Å². The first-order valence-corrected chi connectivity index (χ1v) is 7.07. The quantitative estimate of drug-likeness (QED) is 0.149. The van der Waals surface area contributed by atoms with Crippen molar-refractivity contribution >= 4 is 42.5 Å². The molecule has 0 fully saturated rings. The third kappa shape index (κ3) is 9.47. The lowest BCUT2D eigenvalue weighted by Crippen LogP contribution is -2.49. The highest BCUT2D eigenvalue weighted by Crippen LogP contribution is 2.00. The maximum Gasteiger partial charge on any atom is 0.547 e. The number of hydrogen-bond acceptors (Lipinski definition) is 9. The van der Waals surface area contributed by atoms with Crippen molar-refractivity contribution in [3.63, 3.8) is 0 Å². The number of nitrogens with two attached hydrogens (primary N) is 1. The monoisotopic (exact) mass is 367 g/mol. The van der Waals surface area contributed by atoms with Crippen LogP contribution in [0, 0.1) is 0 Å². The zero-order valence-electron chi connectivity index (χ0n) is 12.3. The topological polar surface area (TPSA) is 194 Å². The van der Waals surface area contributed by atoms with Gasteiger partial charge in [0.15, 0.2) is 0 Å². The minimum absolute atomic E-state index is 0.0856. The summed E-state index contributed by atoms with van der Waals surface area (Å²) < 4.78 is 0. The van der Waals surface area contributed by atoms with Gasteiger partial charge in [0.05, 0.1) is 0 Å². The summed E-state index contributed by atoms with van der Waals surface area (Å²) in [5.74, 6) is -3.91. The molecule has 0 aliphatic heterocycles. The molecule has 136 valence electrons. The number of hydrogen-bond donors (Lipinski definition) is 6. The Morgan fingerprint density at radius 2 is 1.75 bits per heavy atom. The highest BCUT2D eigenvalue weighted by molar-refractivity contribution is 7.80. The fraction of sp³-hybridized carbons (Fsp3) is 0.545. The molecule has 0 aromatic heterocycles. The SMILES string of the molecule is NC(CCC(=O)NC(CS)C(=O)NCC(=O)O)C(=O)OOC(=O)O. The van der Waals surface area contributed by atoms with Crippen LogP contribution in [0.25, 0.3) is 0 Å². The molecule has 0 aliphatic carbocycles. The Kier molecular flexibility index (Phi) is 9.90. The zero-order valence-corrected chi connectivity index (χ0v) is 13.2. The Labute approximate surface area is 141 Å². The second-order valence-electron chi connectivity index (χ2n) is 4.31. The molecule has 0 heterocycles. The van der Waals surface area contributed by atoms with Gasteiger partial charge in [-0.3, -0.25) is 14.4 Å². The molecule has 6 N–H and O–H groups in total. The minimum atomic E-state index is -1.84. The molecule has 0 aromatic rings. The number of amides is 2. The van der Waals surface area contributed by atoms with Gasteiger partial charge in [-0.25, -0.2) is 19.4 Å². The first-order chi connectivity index (χ1) is 11.2. The molecular weight excluding hydrogens is 350 g/mol. The van der Waals surface area contributed by atoms with E-state index in [9.17, 15) is 24.0 Å². The summed E-state index contributed by atoms with van der Waals surface area (Å²) in [6.45, 7) is -0.612. The molecule has 13 heteroatoms. The number of rotatable bonds is 9. The van der Waals surface area contributed by atoms with Crippen LogP contribution in [0.15, 0.2) is 0 Å². The normalized spacial score (nSPS) is 12.4. The fourth-order valence-electron chi connectivity index (χ4n) is 1.29. The maximum absolute atomic E-state index is 11.7. The van der Waals surface area contributed by atoms with Gasteiger partial charge in [-0.2, -0.15) is 12.6 Å². The van der Waals surface area contributed by atoms with Gasteiger partial charge in [-0.15, -0.1) is 0 Å². The lowest BCUT2D eigenvalue weighted by atomic mass is 10.1. The molecule has 0 spiro atoms. The number of carbonyl (C=O) groups is 5. The Morgan fingerprint density at radius 1 is 1.12 bits per heavy atom. The summed E-state index contributed by atoms with van der Waals surface area (Å²) >= 11 is 3.87. The lowest BCUT2D eigenvalue weighted by molar-refractivity contribution is -0.242. The molecule has 2 amide bonds. The van der Waals surface area contributed by atoms with Crippen LogP contribution in [0.4, 0.5) is 4.79 Å². The van der Waals surface area contributed by atoms with E-state index in [0.29, 0.717) is 0 Å². The molecule has 0 saturated carbocycles. The van der Waals surface area contributed by atoms with Crippen LogP contribution in [0.5, 0.6) is 0 Å². The van der Waals surface area contributed by atoms with Crippen LogP contribution in [-0.2, 0) is 29.0 Å². The van der Waals surface area contributed by atoms with E-state index in [2.05, 4.69) is 33.0 Å². The van der Waals surface area contributed by atoms with Gasteiger partial charge in [-0.05, 0) is 6.42 Å². The summed E-state index contributed by atoms with van der Waals surface area (Å²) in [6, 6.07) is -2.39. The van der Waals surface area contributed by atoms with E-state index in [-0.39, 0.29) is 18.6 Å². The molecule has 0 aromatic carbocycles. The third-order valence-corrected chi connectivity index (χ3v) is 2.79. The van der Waals surface area contributed by atoms with Gasteiger partial charge in [0.2, 0.25) is 11.8 Å². The maximum atomic E-state index is 11.7. The van der Waals surface area contributed by atoms with Gasteiger partial charge in [0.1, 0.15) is 18.6 Å². The number of carbonyl (C=O) groups excluding carboxylic acids is 3. The van der Waals surface area contributed by atoms with E-state index in [1.807, 2.05) is 0 Å². The van der Waals surface area contributed by atoms with E-state index < -0.39 is 48.5 Å². The van der Waals surface area contributed by atoms with Crippen molar-refractivity contribution in [3.8, 4) is 0 Å². The van der Waals surface area contributed by atoms with Crippen molar-refractivity contribution in [2.45, 2.75) is 24.9 Å². The highest BCUT2D eigenvalue weighted by atomic mass is 32.1. The Balaban J connectivity index is 4.25. The Hall–Kier alpha value is -2.54. The zero-order chi connectivity index (χ0) is 18.7. The van der Waals surface area contributed by atoms with Gasteiger partial charge in [0.25, 0.3) is 0 Å². The molecule has 0 saturated heterocycles. The molecule has 24 heavy (non-hydrogen) atoms. The molecule has 0 radical (unpaired) electrons. The summed E-state index contributed by atoms with van der Waals surface area (Å²) in [7, 11) is 0. The first-order valence-electron chi connectivity index (χ1n) is 6.44. The Morgan fingerprint density at radius 3 is 2.25 bits per heavy atom. The van der Waals surface area contributed by atoms with Crippen LogP contribution in [0.1, 0.15) is 12.8 Å². The average Bonchev–Trinajstić information content (AvgIpc) is 2.52.